The minimum absolute atomic E-state index is 0.0333. The molecule has 0 radical (unpaired) electrons. The predicted molar refractivity (Wildman–Crippen MR) is 66.3 cm³/mol. The summed E-state index contributed by atoms with van der Waals surface area (Å²) in [5.41, 5.74) is 0. The van der Waals surface area contributed by atoms with Gasteiger partial charge in [0, 0.05) is 15.9 Å². The van der Waals surface area contributed by atoms with Crippen molar-refractivity contribution in [1.29, 1.82) is 0 Å². The van der Waals surface area contributed by atoms with E-state index in [9.17, 15) is 8.42 Å². The molecule has 1 rings (SSSR count). The Labute approximate surface area is 102 Å². The summed E-state index contributed by atoms with van der Waals surface area (Å²) < 4.78 is 22.3. The van der Waals surface area contributed by atoms with Gasteiger partial charge in [0.2, 0.25) is 10.0 Å². The molecule has 1 aromatic heterocycles. The van der Waals surface area contributed by atoms with Crippen molar-refractivity contribution < 1.29 is 8.42 Å². The molecule has 0 fully saturated rings. The maximum atomic E-state index is 10.6. The Bertz CT molecular complexity index is 403. The summed E-state index contributed by atoms with van der Waals surface area (Å²) in [5.74, 6) is 0.0333. The smallest absolute Gasteiger partial charge is 0.209 e. The van der Waals surface area contributed by atoms with E-state index in [1.54, 1.807) is 11.3 Å². The lowest BCUT2D eigenvalue weighted by Gasteiger charge is -2.02. The molecular formula is C8H13BrN2O2S2. The van der Waals surface area contributed by atoms with Gasteiger partial charge in [0.05, 0.1) is 5.75 Å². The highest BCUT2D eigenvalue weighted by Crippen LogP contribution is 2.21. The van der Waals surface area contributed by atoms with Crippen LogP contribution in [-0.4, -0.2) is 20.7 Å². The molecule has 3 N–H and O–H groups in total. The van der Waals surface area contributed by atoms with Crippen LogP contribution in [0.1, 0.15) is 11.3 Å². The minimum atomic E-state index is -3.31. The molecule has 1 heterocycles. The van der Waals surface area contributed by atoms with Gasteiger partial charge in [-0.15, -0.1) is 11.3 Å². The number of thiophene rings is 1. The van der Waals surface area contributed by atoms with Crippen molar-refractivity contribution in [2.24, 2.45) is 5.14 Å². The van der Waals surface area contributed by atoms with Crippen LogP contribution in [0.3, 0.4) is 0 Å². The van der Waals surface area contributed by atoms with Crippen LogP contribution in [0, 0.1) is 0 Å². The number of primary sulfonamides is 1. The Morgan fingerprint density at radius 3 is 2.80 bits per heavy atom. The molecule has 1 aromatic rings. The maximum Gasteiger partial charge on any atom is 0.209 e. The third-order valence-corrected chi connectivity index (χ3v) is 4.54. The summed E-state index contributed by atoms with van der Waals surface area (Å²) in [7, 11) is -3.31. The van der Waals surface area contributed by atoms with Gasteiger partial charge in [-0.2, -0.15) is 0 Å². The molecule has 0 aliphatic rings. The SMILES string of the molecule is NS(=O)(=O)CCCNCc1sccc1Br. The van der Waals surface area contributed by atoms with Crippen molar-refractivity contribution in [3.63, 3.8) is 0 Å². The summed E-state index contributed by atoms with van der Waals surface area (Å²) in [6.07, 6.45) is 0.543. The van der Waals surface area contributed by atoms with E-state index in [1.165, 1.54) is 4.88 Å². The van der Waals surface area contributed by atoms with Gasteiger partial charge in [0.1, 0.15) is 0 Å². The largest absolute Gasteiger partial charge is 0.312 e. The highest BCUT2D eigenvalue weighted by atomic mass is 79.9. The Kier molecular flexibility index (Phi) is 5.20. The fraction of sp³-hybridized carbons (Fsp3) is 0.500. The third kappa shape index (κ3) is 5.62. The van der Waals surface area contributed by atoms with Gasteiger partial charge in [-0.1, -0.05) is 0 Å². The van der Waals surface area contributed by atoms with Gasteiger partial charge in [-0.3, -0.25) is 0 Å². The number of rotatable bonds is 6. The number of nitrogens with two attached hydrogens (primary N) is 1. The summed E-state index contributed by atoms with van der Waals surface area (Å²) in [4.78, 5) is 1.21. The maximum absolute atomic E-state index is 10.6. The summed E-state index contributed by atoms with van der Waals surface area (Å²) in [6, 6.07) is 1.99. The van der Waals surface area contributed by atoms with Crippen molar-refractivity contribution in [1.82, 2.24) is 5.32 Å². The van der Waals surface area contributed by atoms with Crippen LogP contribution in [0.5, 0.6) is 0 Å². The number of hydrogen-bond acceptors (Lipinski definition) is 4. The number of halogens is 1. The van der Waals surface area contributed by atoms with Gasteiger partial charge >= 0.3 is 0 Å². The normalized spacial score (nSPS) is 11.9. The first-order chi connectivity index (χ1) is 6.99. The van der Waals surface area contributed by atoms with Crippen LogP contribution in [0.25, 0.3) is 0 Å². The fourth-order valence-electron chi connectivity index (χ4n) is 1.05. The van der Waals surface area contributed by atoms with Crippen molar-refractivity contribution in [2.75, 3.05) is 12.3 Å². The molecule has 0 aliphatic heterocycles. The van der Waals surface area contributed by atoms with Crippen LogP contribution in [0.2, 0.25) is 0 Å². The first-order valence-electron chi connectivity index (χ1n) is 4.42. The fourth-order valence-corrected chi connectivity index (χ4v) is 3.06. The quantitative estimate of drug-likeness (QED) is 0.777. The zero-order chi connectivity index (χ0) is 11.3. The zero-order valence-corrected chi connectivity index (χ0v) is 11.3. The van der Waals surface area contributed by atoms with Gasteiger partial charge in [-0.05, 0) is 40.3 Å². The Morgan fingerprint density at radius 2 is 2.27 bits per heavy atom. The number of hydrogen-bond donors (Lipinski definition) is 2. The molecule has 0 aliphatic carbocycles. The van der Waals surface area contributed by atoms with Gasteiger partial charge in [-0.25, -0.2) is 13.6 Å². The molecule has 0 aromatic carbocycles. The van der Waals surface area contributed by atoms with E-state index >= 15 is 0 Å². The number of nitrogens with one attached hydrogen (secondary N) is 1. The van der Waals surface area contributed by atoms with E-state index in [2.05, 4.69) is 21.2 Å². The third-order valence-electron chi connectivity index (χ3n) is 1.76. The van der Waals surface area contributed by atoms with Crippen molar-refractivity contribution >= 4 is 37.3 Å². The van der Waals surface area contributed by atoms with Crippen molar-refractivity contribution in [2.45, 2.75) is 13.0 Å². The van der Waals surface area contributed by atoms with E-state index in [4.69, 9.17) is 5.14 Å². The molecule has 15 heavy (non-hydrogen) atoms. The van der Waals surface area contributed by atoms with Crippen LogP contribution < -0.4 is 10.5 Å². The van der Waals surface area contributed by atoms with Crippen LogP contribution in [-0.2, 0) is 16.6 Å². The Morgan fingerprint density at radius 1 is 1.53 bits per heavy atom. The Balaban J connectivity index is 2.15. The Hall–Kier alpha value is 0.0500. The lowest BCUT2D eigenvalue weighted by atomic mass is 10.4. The molecule has 7 heteroatoms. The molecule has 0 saturated heterocycles. The first-order valence-corrected chi connectivity index (χ1v) is 7.81. The zero-order valence-electron chi connectivity index (χ0n) is 8.07. The molecule has 4 nitrogen and oxygen atoms in total. The summed E-state index contributed by atoms with van der Waals surface area (Å²) >= 11 is 5.08. The topological polar surface area (TPSA) is 72.2 Å². The van der Waals surface area contributed by atoms with Gasteiger partial charge in [0.15, 0.2) is 0 Å². The molecule has 0 atom stereocenters. The monoisotopic (exact) mass is 312 g/mol. The summed E-state index contributed by atoms with van der Waals surface area (Å²) in [5, 5.41) is 10.0. The number of sulfonamides is 1. The van der Waals surface area contributed by atoms with E-state index in [0.29, 0.717) is 13.0 Å². The first kappa shape index (κ1) is 13.1. The average molecular weight is 313 g/mol. The molecule has 0 saturated carbocycles. The van der Waals surface area contributed by atoms with Crippen molar-refractivity contribution in [3.8, 4) is 0 Å². The molecular weight excluding hydrogens is 300 g/mol. The second-order valence-electron chi connectivity index (χ2n) is 3.09. The summed E-state index contributed by atoms with van der Waals surface area (Å²) in [6.45, 7) is 1.41. The van der Waals surface area contributed by atoms with E-state index in [1.807, 2.05) is 11.4 Å². The molecule has 0 amide bonds. The minimum Gasteiger partial charge on any atom is -0.312 e. The molecule has 0 bridgehead atoms. The average Bonchev–Trinajstić information content (AvgIpc) is 2.49. The molecule has 86 valence electrons. The lowest BCUT2D eigenvalue weighted by molar-refractivity contribution is 0.590. The van der Waals surface area contributed by atoms with E-state index in [0.717, 1.165) is 11.0 Å². The van der Waals surface area contributed by atoms with E-state index < -0.39 is 10.0 Å². The predicted octanol–water partition coefficient (Wildman–Crippen LogP) is 1.28. The van der Waals surface area contributed by atoms with Gasteiger partial charge < -0.3 is 5.32 Å². The van der Waals surface area contributed by atoms with Crippen molar-refractivity contribution in [3.05, 3.63) is 20.8 Å². The highest BCUT2D eigenvalue weighted by molar-refractivity contribution is 9.10. The molecule has 0 spiro atoms. The van der Waals surface area contributed by atoms with Crippen LogP contribution in [0.15, 0.2) is 15.9 Å². The van der Waals surface area contributed by atoms with E-state index in [-0.39, 0.29) is 5.75 Å². The second kappa shape index (κ2) is 5.95. The second-order valence-corrected chi connectivity index (χ2v) is 6.68. The lowest BCUT2D eigenvalue weighted by Crippen LogP contribution is -2.21. The molecule has 0 unspecified atom stereocenters. The van der Waals surface area contributed by atoms with Gasteiger partial charge in [0.25, 0.3) is 0 Å². The standard InChI is InChI=1S/C8H13BrN2O2S2/c9-7-2-4-14-8(7)6-11-3-1-5-15(10,12)13/h2,4,11H,1,3,5-6H2,(H2,10,12,13). The highest BCUT2D eigenvalue weighted by Gasteiger charge is 2.02. The van der Waals surface area contributed by atoms with Crippen LogP contribution >= 0.6 is 27.3 Å². The van der Waals surface area contributed by atoms with Crippen LogP contribution in [0.4, 0.5) is 0 Å².